The normalized spacial score (nSPS) is 16.4. The minimum absolute atomic E-state index is 0.775. The van der Waals surface area contributed by atoms with Gasteiger partial charge in [-0.05, 0) is 25.7 Å². The molecule has 0 saturated heterocycles. The number of carbonyl (C=O) groups is 1. The standard InChI is InChI=1S/C10H14N2O/c1-12-10(7-13)8-5-3-2-4-6-9(8)11-12/h7H,2-6H2,1H3. The minimum Gasteiger partial charge on any atom is -0.296 e. The number of aryl methyl sites for hydroxylation is 2. The molecule has 3 nitrogen and oxygen atoms in total. The summed E-state index contributed by atoms with van der Waals surface area (Å²) in [4.78, 5) is 10.8. The van der Waals surface area contributed by atoms with Gasteiger partial charge < -0.3 is 0 Å². The molecular formula is C10H14N2O. The predicted octanol–water partition coefficient (Wildman–Crippen LogP) is 1.50. The third kappa shape index (κ3) is 1.39. The van der Waals surface area contributed by atoms with E-state index in [1.807, 2.05) is 7.05 Å². The van der Waals surface area contributed by atoms with E-state index in [4.69, 9.17) is 0 Å². The minimum atomic E-state index is 0.775. The highest BCUT2D eigenvalue weighted by atomic mass is 16.1. The first kappa shape index (κ1) is 8.48. The smallest absolute Gasteiger partial charge is 0.168 e. The Balaban J connectivity index is 2.46. The molecule has 3 heteroatoms. The monoisotopic (exact) mass is 178 g/mol. The van der Waals surface area contributed by atoms with Crippen molar-refractivity contribution in [3.63, 3.8) is 0 Å². The number of fused-ring (bicyclic) bond motifs is 1. The van der Waals surface area contributed by atoms with Crippen LogP contribution in [0.1, 0.15) is 41.0 Å². The summed E-state index contributed by atoms with van der Waals surface area (Å²) in [5, 5.41) is 4.37. The van der Waals surface area contributed by atoms with Crippen molar-refractivity contribution >= 4 is 6.29 Å². The fraction of sp³-hybridized carbons (Fsp3) is 0.600. The van der Waals surface area contributed by atoms with E-state index in [1.165, 1.54) is 24.8 Å². The van der Waals surface area contributed by atoms with E-state index < -0.39 is 0 Å². The highest BCUT2D eigenvalue weighted by Crippen LogP contribution is 2.21. The molecule has 70 valence electrons. The van der Waals surface area contributed by atoms with Gasteiger partial charge in [-0.3, -0.25) is 9.48 Å². The van der Waals surface area contributed by atoms with Gasteiger partial charge in [-0.1, -0.05) is 6.42 Å². The second kappa shape index (κ2) is 3.32. The van der Waals surface area contributed by atoms with E-state index in [9.17, 15) is 4.79 Å². The quantitative estimate of drug-likeness (QED) is 0.482. The average molecular weight is 178 g/mol. The Kier molecular flexibility index (Phi) is 2.17. The van der Waals surface area contributed by atoms with Crippen LogP contribution in [0.5, 0.6) is 0 Å². The van der Waals surface area contributed by atoms with E-state index >= 15 is 0 Å². The van der Waals surface area contributed by atoms with Gasteiger partial charge in [0.25, 0.3) is 0 Å². The summed E-state index contributed by atoms with van der Waals surface area (Å²) in [5.41, 5.74) is 3.11. The lowest BCUT2D eigenvalue weighted by molar-refractivity contribution is 0.111. The molecule has 0 aromatic carbocycles. The molecule has 0 spiro atoms. The van der Waals surface area contributed by atoms with Gasteiger partial charge in [-0.15, -0.1) is 0 Å². The van der Waals surface area contributed by atoms with Crippen molar-refractivity contribution in [1.82, 2.24) is 9.78 Å². The van der Waals surface area contributed by atoms with Crippen molar-refractivity contribution in [2.75, 3.05) is 0 Å². The van der Waals surface area contributed by atoms with Gasteiger partial charge in [0.2, 0.25) is 0 Å². The summed E-state index contributed by atoms with van der Waals surface area (Å²) in [6.07, 6.45) is 6.66. The Morgan fingerprint density at radius 3 is 2.85 bits per heavy atom. The summed E-state index contributed by atoms with van der Waals surface area (Å²) in [5.74, 6) is 0. The van der Waals surface area contributed by atoms with E-state index in [0.717, 1.165) is 30.5 Å². The average Bonchev–Trinajstić information content (AvgIpc) is 2.32. The van der Waals surface area contributed by atoms with E-state index in [1.54, 1.807) is 4.68 Å². The maximum Gasteiger partial charge on any atom is 0.168 e. The molecule has 0 N–H and O–H groups in total. The van der Waals surface area contributed by atoms with Gasteiger partial charge >= 0.3 is 0 Å². The van der Waals surface area contributed by atoms with Crippen molar-refractivity contribution in [2.24, 2.45) is 7.05 Å². The number of nitrogens with zero attached hydrogens (tertiary/aromatic N) is 2. The molecule has 13 heavy (non-hydrogen) atoms. The van der Waals surface area contributed by atoms with Crippen molar-refractivity contribution in [3.8, 4) is 0 Å². The zero-order valence-corrected chi connectivity index (χ0v) is 7.92. The molecule has 0 amide bonds. The molecule has 2 rings (SSSR count). The number of hydrogen-bond acceptors (Lipinski definition) is 2. The third-order valence-electron chi connectivity index (χ3n) is 2.73. The maximum atomic E-state index is 10.8. The topological polar surface area (TPSA) is 34.9 Å². The summed E-state index contributed by atoms with van der Waals surface area (Å²) in [7, 11) is 1.85. The van der Waals surface area contributed by atoms with Gasteiger partial charge in [0, 0.05) is 12.6 Å². The van der Waals surface area contributed by atoms with Gasteiger partial charge in [0.05, 0.1) is 5.69 Å². The van der Waals surface area contributed by atoms with Crippen molar-refractivity contribution in [2.45, 2.75) is 32.1 Å². The molecule has 0 atom stereocenters. The first-order valence-corrected chi connectivity index (χ1v) is 4.83. The Hall–Kier alpha value is -1.12. The Morgan fingerprint density at radius 2 is 2.08 bits per heavy atom. The van der Waals surface area contributed by atoms with Crippen LogP contribution in [0.3, 0.4) is 0 Å². The lowest BCUT2D eigenvalue weighted by Gasteiger charge is -1.96. The first-order valence-electron chi connectivity index (χ1n) is 4.83. The molecule has 0 radical (unpaired) electrons. The summed E-state index contributed by atoms with van der Waals surface area (Å²) < 4.78 is 1.71. The molecule has 0 fully saturated rings. The van der Waals surface area contributed by atoms with E-state index in [0.29, 0.717) is 0 Å². The van der Waals surface area contributed by atoms with Crippen LogP contribution in [0, 0.1) is 0 Å². The van der Waals surface area contributed by atoms with Crippen LogP contribution in [-0.4, -0.2) is 16.1 Å². The second-order valence-corrected chi connectivity index (χ2v) is 3.61. The van der Waals surface area contributed by atoms with Crippen LogP contribution in [0.15, 0.2) is 0 Å². The summed E-state index contributed by atoms with van der Waals surface area (Å²) >= 11 is 0. The van der Waals surface area contributed by atoms with Crippen molar-refractivity contribution < 1.29 is 4.79 Å². The first-order chi connectivity index (χ1) is 6.33. The molecule has 0 saturated carbocycles. The van der Waals surface area contributed by atoms with Crippen LogP contribution < -0.4 is 0 Å². The SMILES string of the molecule is Cn1nc2c(c1C=O)CCCCC2. The summed E-state index contributed by atoms with van der Waals surface area (Å²) in [6.45, 7) is 0. The van der Waals surface area contributed by atoms with Crippen molar-refractivity contribution in [1.29, 1.82) is 0 Å². The van der Waals surface area contributed by atoms with Crippen LogP contribution in [0.25, 0.3) is 0 Å². The Bertz CT molecular complexity index is 328. The molecule has 1 aromatic rings. The van der Waals surface area contributed by atoms with Crippen molar-refractivity contribution in [3.05, 3.63) is 17.0 Å². The number of rotatable bonds is 1. The lowest BCUT2D eigenvalue weighted by Crippen LogP contribution is -1.98. The van der Waals surface area contributed by atoms with Crippen LogP contribution in [0.4, 0.5) is 0 Å². The third-order valence-corrected chi connectivity index (χ3v) is 2.73. The molecular weight excluding hydrogens is 164 g/mol. The zero-order valence-electron chi connectivity index (χ0n) is 7.92. The highest BCUT2D eigenvalue weighted by molar-refractivity contribution is 5.75. The van der Waals surface area contributed by atoms with E-state index in [2.05, 4.69) is 5.10 Å². The van der Waals surface area contributed by atoms with Gasteiger partial charge in [-0.25, -0.2) is 0 Å². The fourth-order valence-electron chi connectivity index (χ4n) is 2.03. The number of hydrogen-bond donors (Lipinski definition) is 0. The summed E-state index contributed by atoms with van der Waals surface area (Å²) in [6, 6.07) is 0. The highest BCUT2D eigenvalue weighted by Gasteiger charge is 2.16. The molecule has 1 aromatic heterocycles. The number of aldehydes is 1. The molecule has 0 unspecified atom stereocenters. The largest absolute Gasteiger partial charge is 0.296 e. The van der Waals surface area contributed by atoms with Crippen LogP contribution >= 0.6 is 0 Å². The van der Waals surface area contributed by atoms with E-state index in [-0.39, 0.29) is 0 Å². The van der Waals surface area contributed by atoms with Crippen LogP contribution in [0.2, 0.25) is 0 Å². The fourth-order valence-corrected chi connectivity index (χ4v) is 2.03. The van der Waals surface area contributed by atoms with Gasteiger partial charge in [0.1, 0.15) is 5.69 Å². The molecule has 1 aliphatic carbocycles. The lowest BCUT2D eigenvalue weighted by atomic mass is 10.1. The zero-order chi connectivity index (χ0) is 9.26. The van der Waals surface area contributed by atoms with Gasteiger partial charge in [0.15, 0.2) is 6.29 Å². The molecule has 0 aliphatic heterocycles. The molecule has 0 bridgehead atoms. The maximum absolute atomic E-state index is 10.8. The van der Waals surface area contributed by atoms with Crippen LogP contribution in [-0.2, 0) is 19.9 Å². The second-order valence-electron chi connectivity index (χ2n) is 3.61. The Labute approximate surface area is 77.7 Å². The Morgan fingerprint density at radius 1 is 1.31 bits per heavy atom. The van der Waals surface area contributed by atoms with Gasteiger partial charge in [-0.2, -0.15) is 5.10 Å². The molecule has 1 heterocycles. The molecule has 1 aliphatic rings. The number of aromatic nitrogens is 2. The number of carbonyl (C=O) groups excluding carboxylic acids is 1. The predicted molar refractivity (Wildman–Crippen MR) is 49.9 cm³/mol.